The summed E-state index contributed by atoms with van der Waals surface area (Å²) >= 11 is 0. The number of halogens is 2. The maximum atomic E-state index is 12.7. The van der Waals surface area contributed by atoms with Crippen molar-refractivity contribution in [1.29, 1.82) is 10.5 Å². The first-order valence-electron chi connectivity index (χ1n) is 8.10. The van der Waals surface area contributed by atoms with Crippen molar-refractivity contribution in [2.75, 3.05) is 11.5 Å². The summed E-state index contributed by atoms with van der Waals surface area (Å²) in [5, 5.41) is 17.3. The van der Waals surface area contributed by atoms with E-state index in [1.807, 2.05) is 0 Å². The topological polar surface area (TPSA) is 159 Å². The number of nitrogens with zero attached hydrogens (tertiary/aromatic N) is 2. The van der Waals surface area contributed by atoms with Gasteiger partial charge in [0.05, 0.1) is 39.1 Å². The van der Waals surface area contributed by atoms with Gasteiger partial charge in [0.1, 0.15) is 11.6 Å². The first kappa shape index (κ1) is 29.1. The van der Waals surface area contributed by atoms with Gasteiger partial charge >= 0.3 is 29.6 Å². The maximum absolute atomic E-state index is 12.7. The summed E-state index contributed by atoms with van der Waals surface area (Å²) in [6, 6.07) is 10.4. The molecule has 0 bridgehead atoms. The van der Waals surface area contributed by atoms with Crippen molar-refractivity contribution in [2.45, 2.75) is 12.8 Å². The van der Waals surface area contributed by atoms with E-state index in [1.54, 1.807) is 12.1 Å². The van der Waals surface area contributed by atoms with E-state index in [1.165, 1.54) is 12.1 Å². The molecule has 2 aromatic rings. The summed E-state index contributed by atoms with van der Waals surface area (Å²) in [5.41, 5.74) is 0.896. The van der Waals surface area contributed by atoms with Gasteiger partial charge in [-0.25, -0.2) is 17.2 Å². The normalized spacial score (nSPS) is 10.6. The molecule has 0 unspecified atom stereocenters. The minimum absolute atomic E-state index is 0. The fraction of sp³-hybridized carbons (Fsp3) is 0.222. The number of hydrogen-bond donors (Lipinski definition) is 1. The van der Waals surface area contributed by atoms with Crippen molar-refractivity contribution in [3.63, 3.8) is 0 Å². The van der Waals surface area contributed by atoms with Gasteiger partial charge in [0.25, 0.3) is 10.1 Å². The molecule has 1 N–H and O–H groups in total. The van der Waals surface area contributed by atoms with Crippen LogP contribution < -0.4 is 29.6 Å². The quantitative estimate of drug-likeness (QED) is 0.404. The second-order valence-corrected chi connectivity index (χ2v) is 8.97. The van der Waals surface area contributed by atoms with Crippen LogP contribution in [-0.4, -0.2) is 37.4 Å². The number of hydrogen-bond acceptors (Lipinski definition) is 7. The van der Waals surface area contributed by atoms with Crippen LogP contribution in [0.15, 0.2) is 36.4 Å². The van der Waals surface area contributed by atoms with Gasteiger partial charge < -0.3 is 4.55 Å². The van der Waals surface area contributed by atoms with Crippen LogP contribution in [0.25, 0.3) is 0 Å². The SMILES string of the molecule is N#Cc1cc(F)ccc1CCS(=O)(=O)O.N#Cc1cc(F)ccc1CCS(=O)(=O)[O-].[Na+]. The predicted octanol–water partition coefficient (Wildman–Crippen LogP) is -1.08. The first-order chi connectivity index (χ1) is 13.8. The van der Waals surface area contributed by atoms with Gasteiger partial charge in [0, 0.05) is 5.75 Å². The Balaban J connectivity index is 0.000000562. The van der Waals surface area contributed by atoms with E-state index >= 15 is 0 Å². The molecule has 0 saturated carbocycles. The van der Waals surface area contributed by atoms with Crippen molar-refractivity contribution in [2.24, 2.45) is 0 Å². The average molecular weight is 480 g/mol. The van der Waals surface area contributed by atoms with E-state index in [0.717, 1.165) is 24.3 Å². The molecule has 2 rings (SSSR count). The second-order valence-electron chi connectivity index (χ2n) is 5.87. The van der Waals surface area contributed by atoms with E-state index in [-0.39, 0.29) is 53.5 Å². The molecule has 0 radical (unpaired) electrons. The molecule has 160 valence electrons. The number of nitriles is 2. The van der Waals surface area contributed by atoms with Crippen LogP contribution in [0.2, 0.25) is 0 Å². The molecule has 0 saturated heterocycles. The van der Waals surface area contributed by atoms with Gasteiger partial charge in [0.15, 0.2) is 0 Å². The van der Waals surface area contributed by atoms with Crippen LogP contribution in [0.1, 0.15) is 22.3 Å². The molecule has 31 heavy (non-hydrogen) atoms. The second kappa shape index (κ2) is 12.8. The van der Waals surface area contributed by atoms with Gasteiger partial charge in [0.2, 0.25) is 0 Å². The molecule has 0 atom stereocenters. The zero-order chi connectivity index (χ0) is 22.9. The van der Waals surface area contributed by atoms with Crippen LogP contribution in [0.4, 0.5) is 8.78 Å². The van der Waals surface area contributed by atoms with Crippen molar-refractivity contribution in [1.82, 2.24) is 0 Å². The van der Waals surface area contributed by atoms with Crippen molar-refractivity contribution < 1.29 is 64.3 Å². The molecule has 13 heteroatoms. The summed E-state index contributed by atoms with van der Waals surface area (Å²) in [5.74, 6) is -2.19. The number of benzene rings is 2. The monoisotopic (exact) mass is 480 g/mol. The Kier molecular flexibility index (Phi) is 12.0. The Morgan fingerprint density at radius 1 is 0.839 bits per heavy atom. The molecule has 0 spiro atoms. The third kappa shape index (κ3) is 11.9. The van der Waals surface area contributed by atoms with Crippen molar-refractivity contribution >= 4 is 20.2 Å². The van der Waals surface area contributed by atoms with Crippen molar-refractivity contribution in [3.8, 4) is 12.1 Å². The zero-order valence-corrected chi connectivity index (χ0v) is 19.9. The summed E-state index contributed by atoms with van der Waals surface area (Å²) in [6.45, 7) is 0. The Bertz CT molecular complexity index is 1110. The summed E-state index contributed by atoms with van der Waals surface area (Å²) in [4.78, 5) is 0. The van der Waals surface area contributed by atoms with Gasteiger partial charge in [-0.15, -0.1) is 0 Å². The number of rotatable bonds is 6. The van der Waals surface area contributed by atoms with Crippen molar-refractivity contribution in [3.05, 3.63) is 70.3 Å². The largest absolute Gasteiger partial charge is 1.00 e. The van der Waals surface area contributed by atoms with E-state index in [9.17, 15) is 30.2 Å². The van der Waals surface area contributed by atoms with Crippen LogP contribution in [-0.2, 0) is 33.1 Å². The Hall–Kier alpha value is -1.90. The Labute approximate surface area is 200 Å². The Morgan fingerprint density at radius 2 is 1.23 bits per heavy atom. The molecule has 2 aromatic carbocycles. The third-order valence-electron chi connectivity index (χ3n) is 3.64. The fourth-order valence-corrected chi connectivity index (χ4v) is 3.16. The van der Waals surface area contributed by atoms with Gasteiger partial charge in [-0.05, 0) is 48.2 Å². The van der Waals surface area contributed by atoms with E-state index < -0.39 is 43.4 Å². The molecule has 0 aliphatic rings. The summed E-state index contributed by atoms with van der Waals surface area (Å²) in [7, 11) is -8.37. The van der Waals surface area contributed by atoms with Gasteiger partial charge in [-0.1, -0.05) is 12.1 Å². The van der Waals surface area contributed by atoms with Crippen LogP contribution in [0, 0.1) is 34.3 Å². The van der Waals surface area contributed by atoms with E-state index in [2.05, 4.69) is 0 Å². The van der Waals surface area contributed by atoms with Gasteiger partial charge in [-0.3, -0.25) is 4.55 Å². The first-order valence-corrected chi connectivity index (χ1v) is 11.3. The predicted molar refractivity (Wildman–Crippen MR) is 101 cm³/mol. The molecule has 0 fully saturated rings. The van der Waals surface area contributed by atoms with Crippen LogP contribution in [0.3, 0.4) is 0 Å². The minimum atomic E-state index is -4.31. The molecular formula is C18H15F2N2NaO6S2. The fourth-order valence-electron chi connectivity index (χ4n) is 2.22. The molecule has 0 heterocycles. The standard InChI is InChI=1S/2C9H8FNO3S.Na/c2*10-9-2-1-7(8(5-9)6-11)3-4-15(12,13)14;/h2*1-2,5H,3-4H2,(H,12,13,14);/q;;+1/p-1. The Morgan fingerprint density at radius 3 is 1.55 bits per heavy atom. The molecular weight excluding hydrogens is 465 g/mol. The minimum Gasteiger partial charge on any atom is -0.748 e. The molecule has 0 aliphatic heterocycles. The average Bonchev–Trinajstić information content (AvgIpc) is 2.65. The molecule has 0 aromatic heterocycles. The molecule has 0 aliphatic carbocycles. The summed E-state index contributed by atoms with van der Waals surface area (Å²) in [6.07, 6.45) is -0.0863. The van der Waals surface area contributed by atoms with Gasteiger partial charge in [-0.2, -0.15) is 18.9 Å². The summed E-state index contributed by atoms with van der Waals surface area (Å²) < 4.78 is 85.9. The maximum Gasteiger partial charge on any atom is 1.00 e. The van der Waals surface area contributed by atoms with E-state index in [4.69, 9.17) is 15.1 Å². The smallest absolute Gasteiger partial charge is 0.748 e. The third-order valence-corrected chi connectivity index (χ3v) is 5.06. The number of aryl methyl sites for hydroxylation is 2. The van der Waals surface area contributed by atoms with Crippen LogP contribution >= 0.6 is 0 Å². The molecule has 0 amide bonds. The molecule has 8 nitrogen and oxygen atoms in total. The van der Waals surface area contributed by atoms with E-state index in [0.29, 0.717) is 11.1 Å². The van der Waals surface area contributed by atoms with Crippen LogP contribution in [0.5, 0.6) is 0 Å². The zero-order valence-electron chi connectivity index (χ0n) is 16.2.